The van der Waals surface area contributed by atoms with Gasteiger partial charge in [-0.05, 0) is 55.2 Å². The Kier molecular flexibility index (Phi) is 7.07. The number of halogens is 3. The molecule has 0 bridgehead atoms. The molecule has 2 atom stereocenters. The van der Waals surface area contributed by atoms with Gasteiger partial charge < -0.3 is 0 Å². The van der Waals surface area contributed by atoms with Crippen LogP contribution in [0.1, 0.15) is 44.2 Å². The number of nitrogens with one attached hydrogen (secondary N) is 1. The molecule has 2 aromatic rings. The summed E-state index contributed by atoms with van der Waals surface area (Å²) in [6.07, 6.45) is 4.13. The third-order valence-electron chi connectivity index (χ3n) is 5.87. The number of benzene rings is 2. The van der Waals surface area contributed by atoms with Crippen LogP contribution in [0.4, 0.5) is 5.69 Å². The summed E-state index contributed by atoms with van der Waals surface area (Å²) in [6.45, 7) is 3.80. The predicted molar refractivity (Wildman–Crippen MR) is 128 cm³/mol. The van der Waals surface area contributed by atoms with Gasteiger partial charge in [-0.3, -0.25) is 15.2 Å². The van der Waals surface area contributed by atoms with Gasteiger partial charge in [-0.1, -0.05) is 60.3 Å². The second-order valence-electron chi connectivity index (χ2n) is 7.93. The molecular formula is C23H25Cl3N4O. The second-order valence-corrected chi connectivity index (χ2v) is 9.21. The topological polar surface area (TPSA) is 47.9 Å². The number of hydrogen-bond donors (Lipinski definition) is 1. The van der Waals surface area contributed by atoms with Crippen LogP contribution >= 0.6 is 34.8 Å². The zero-order chi connectivity index (χ0) is 22.0. The molecule has 2 aromatic carbocycles. The molecule has 1 saturated heterocycles. The van der Waals surface area contributed by atoms with E-state index in [0.29, 0.717) is 26.5 Å². The lowest BCUT2D eigenvalue weighted by atomic mass is 9.87. The van der Waals surface area contributed by atoms with E-state index in [2.05, 4.69) is 12.3 Å². The highest BCUT2D eigenvalue weighted by Gasteiger charge is 2.42. The van der Waals surface area contributed by atoms with E-state index in [9.17, 15) is 4.79 Å². The first-order valence-electron chi connectivity index (χ1n) is 10.6. The fraction of sp³-hybridized carbons (Fsp3) is 0.391. The zero-order valence-electron chi connectivity index (χ0n) is 17.3. The van der Waals surface area contributed by atoms with E-state index < -0.39 is 0 Å². The van der Waals surface area contributed by atoms with E-state index in [1.54, 1.807) is 12.1 Å². The van der Waals surface area contributed by atoms with Crippen molar-refractivity contribution in [2.45, 2.75) is 38.6 Å². The Morgan fingerprint density at radius 1 is 1.03 bits per heavy atom. The fourth-order valence-corrected chi connectivity index (χ4v) is 4.93. The number of carbonyl (C=O) groups excluding carboxylic acids is 1. The second kappa shape index (κ2) is 9.78. The third kappa shape index (κ3) is 4.85. The van der Waals surface area contributed by atoms with Crippen molar-refractivity contribution in [3.8, 4) is 0 Å². The van der Waals surface area contributed by atoms with E-state index in [4.69, 9.17) is 39.9 Å². The molecule has 0 saturated carbocycles. The summed E-state index contributed by atoms with van der Waals surface area (Å²) in [5.41, 5.74) is 5.31. The molecule has 0 aromatic heterocycles. The van der Waals surface area contributed by atoms with Gasteiger partial charge in [0.1, 0.15) is 5.71 Å². The van der Waals surface area contributed by atoms with E-state index in [0.717, 1.165) is 37.9 Å². The first kappa shape index (κ1) is 22.4. The summed E-state index contributed by atoms with van der Waals surface area (Å²) in [7, 11) is 0. The van der Waals surface area contributed by atoms with Crippen LogP contribution in [0.15, 0.2) is 47.6 Å². The number of rotatable bonds is 5. The molecule has 1 fully saturated rings. The fourth-order valence-electron chi connectivity index (χ4n) is 4.31. The Morgan fingerprint density at radius 2 is 1.71 bits per heavy atom. The van der Waals surface area contributed by atoms with Crippen molar-refractivity contribution >= 4 is 52.1 Å². The quantitative estimate of drug-likeness (QED) is 0.563. The van der Waals surface area contributed by atoms with Crippen molar-refractivity contribution in [2.24, 2.45) is 11.0 Å². The minimum Gasteiger partial charge on any atom is -0.284 e. The standard InChI is InChI=1S/C23H25Cl3N4O/c1-2-18-21(23(31)28-29-12-4-3-5-13-29)27-30(20-11-10-17(25)14-19(20)26)22(18)15-6-8-16(24)9-7-15/h6-11,14,18,22H,2-5,12-13H2,1H3,(H,28,31)/t18-,22+/m1/s1. The van der Waals surface area contributed by atoms with Crippen LogP contribution in [0.25, 0.3) is 0 Å². The molecule has 0 unspecified atom stereocenters. The average Bonchev–Trinajstić information content (AvgIpc) is 3.14. The van der Waals surface area contributed by atoms with Crippen LogP contribution in [-0.2, 0) is 4.79 Å². The minimum absolute atomic E-state index is 0.0993. The highest BCUT2D eigenvalue weighted by molar-refractivity contribution is 6.41. The molecular weight excluding hydrogens is 455 g/mol. The zero-order valence-corrected chi connectivity index (χ0v) is 19.6. The van der Waals surface area contributed by atoms with Crippen molar-refractivity contribution in [3.05, 3.63) is 63.1 Å². The average molecular weight is 480 g/mol. The van der Waals surface area contributed by atoms with Crippen molar-refractivity contribution in [3.63, 3.8) is 0 Å². The molecule has 5 nitrogen and oxygen atoms in total. The molecule has 164 valence electrons. The minimum atomic E-state index is -0.178. The van der Waals surface area contributed by atoms with Crippen molar-refractivity contribution < 1.29 is 4.79 Å². The molecule has 8 heteroatoms. The SMILES string of the molecule is CC[C@@H]1C(C(=O)NN2CCCCC2)=NN(c2ccc(Cl)cc2Cl)[C@H]1c1ccc(Cl)cc1. The number of carbonyl (C=O) groups is 1. The molecule has 0 aliphatic carbocycles. The number of hydrazone groups is 1. The number of anilines is 1. The van der Waals surface area contributed by atoms with Gasteiger partial charge in [-0.25, -0.2) is 5.01 Å². The molecule has 31 heavy (non-hydrogen) atoms. The number of amides is 1. The molecule has 2 aliphatic heterocycles. The number of nitrogens with zero attached hydrogens (tertiary/aromatic N) is 3. The van der Waals surface area contributed by atoms with Crippen molar-refractivity contribution in [2.75, 3.05) is 18.1 Å². The van der Waals surface area contributed by atoms with Crippen LogP contribution in [0.2, 0.25) is 15.1 Å². The van der Waals surface area contributed by atoms with E-state index in [1.165, 1.54) is 6.42 Å². The molecule has 1 N–H and O–H groups in total. The number of piperidine rings is 1. The van der Waals surface area contributed by atoms with E-state index in [-0.39, 0.29) is 17.9 Å². The smallest absolute Gasteiger partial charge is 0.282 e. The Hall–Kier alpha value is -1.79. The summed E-state index contributed by atoms with van der Waals surface area (Å²) in [5, 5.41) is 10.3. The van der Waals surface area contributed by atoms with Crippen LogP contribution in [0.3, 0.4) is 0 Å². The van der Waals surface area contributed by atoms with Gasteiger partial charge >= 0.3 is 0 Å². The monoisotopic (exact) mass is 478 g/mol. The van der Waals surface area contributed by atoms with Crippen LogP contribution in [-0.4, -0.2) is 29.7 Å². The molecule has 4 rings (SSSR count). The predicted octanol–water partition coefficient (Wildman–Crippen LogP) is 6.11. The Balaban J connectivity index is 1.71. The van der Waals surface area contributed by atoms with Crippen LogP contribution in [0.5, 0.6) is 0 Å². The van der Waals surface area contributed by atoms with E-state index >= 15 is 0 Å². The lowest BCUT2D eigenvalue weighted by molar-refractivity contribution is -0.120. The van der Waals surface area contributed by atoms with Gasteiger partial charge in [0.2, 0.25) is 0 Å². The molecule has 2 heterocycles. The molecule has 0 radical (unpaired) electrons. The van der Waals surface area contributed by atoms with Gasteiger partial charge in [0.25, 0.3) is 5.91 Å². The normalized spacial score (nSPS) is 21.8. The van der Waals surface area contributed by atoms with Gasteiger partial charge in [0.05, 0.1) is 16.8 Å². The lowest BCUT2D eigenvalue weighted by Gasteiger charge is -2.29. The Morgan fingerprint density at radius 3 is 2.35 bits per heavy atom. The summed E-state index contributed by atoms with van der Waals surface area (Å²) in [5.74, 6) is -0.252. The first-order chi connectivity index (χ1) is 15.0. The van der Waals surface area contributed by atoms with E-state index in [1.807, 2.05) is 40.3 Å². The largest absolute Gasteiger partial charge is 0.284 e. The summed E-state index contributed by atoms with van der Waals surface area (Å²) in [4.78, 5) is 13.2. The van der Waals surface area contributed by atoms with Crippen molar-refractivity contribution in [1.82, 2.24) is 10.4 Å². The Labute approximate surface area is 197 Å². The summed E-state index contributed by atoms with van der Waals surface area (Å²) >= 11 is 18.8. The number of hydrogen-bond acceptors (Lipinski definition) is 4. The first-order valence-corrected chi connectivity index (χ1v) is 11.8. The maximum atomic E-state index is 13.2. The maximum Gasteiger partial charge on any atom is 0.282 e. The highest BCUT2D eigenvalue weighted by Crippen LogP contribution is 2.43. The van der Waals surface area contributed by atoms with Crippen LogP contribution in [0, 0.1) is 5.92 Å². The lowest BCUT2D eigenvalue weighted by Crippen LogP contribution is -2.48. The molecule has 2 aliphatic rings. The summed E-state index contributed by atoms with van der Waals surface area (Å²) in [6, 6.07) is 12.8. The molecule has 0 spiro atoms. The third-order valence-corrected chi connectivity index (χ3v) is 6.66. The van der Waals surface area contributed by atoms with Gasteiger partial charge in [0, 0.05) is 29.1 Å². The van der Waals surface area contributed by atoms with Crippen LogP contribution < -0.4 is 10.4 Å². The summed E-state index contributed by atoms with van der Waals surface area (Å²) < 4.78 is 0. The highest BCUT2D eigenvalue weighted by atomic mass is 35.5. The van der Waals surface area contributed by atoms with Gasteiger partial charge in [-0.2, -0.15) is 5.10 Å². The van der Waals surface area contributed by atoms with Crippen molar-refractivity contribution in [1.29, 1.82) is 0 Å². The number of hydrazine groups is 1. The van der Waals surface area contributed by atoms with Gasteiger partial charge in [-0.15, -0.1) is 0 Å². The molecule has 1 amide bonds. The van der Waals surface area contributed by atoms with Gasteiger partial charge in [0.15, 0.2) is 0 Å². The Bertz CT molecular complexity index is 973. The maximum absolute atomic E-state index is 13.2.